The predicted octanol–water partition coefficient (Wildman–Crippen LogP) is 3.43. The van der Waals surface area contributed by atoms with E-state index in [1.54, 1.807) is 6.07 Å². The van der Waals surface area contributed by atoms with Gasteiger partial charge in [-0.2, -0.15) is 0 Å². The highest BCUT2D eigenvalue weighted by molar-refractivity contribution is 7.92. The van der Waals surface area contributed by atoms with Crippen molar-refractivity contribution in [2.75, 3.05) is 30.2 Å². The number of aromatic nitrogens is 2. The van der Waals surface area contributed by atoms with Gasteiger partial charge in [0, 0.05) is 35.6 Å². The van der Waals surface area contributed by atoms with E-state index in [2.05, 4.69) is 25.3 Å². The van der Waals surface area contributed by atoms with Gasteiger partial charge >= 0.3 is 0 Å². The highest BCUT2D eigenvalue weighted by atomic mass is 35.5. The predicted molar refractivity (Wildman–Crippen MR) is 123 cm³/mol. The molecule has 0 saturated heterocycles. The molecule has 0 fully saturated rings. The van der Waals surface area contributed by atoms with Crippen molar-refractivity contribution >= 4 is 50.8 Å². The number of rotatable bonds is 9. The summed E-state index contributed by atoms with van der Waals surface area (Å²) < 4.78 is 33.0. The average Bonchev–Trinajstić information content (AvgIpc) is 2.77. The zero-order chi connectivity index (χ0) is 23.1. The zero-order valence-electron chi connectivity index (χ0n) is 16.8. The molecule has 1 heterocycles. The molecule has 1 aromatic heterocycles. The highest BCUT2D eigenvalue weighted by Crippen LogP contribution is 2.28. The zero-order valence-corrected chi connectivity index (χ0v) is 19.1. The second-order valence-electron chi connectivity index (χ2n) is 6.36. The molecule has 0 saturated carbocycles. The van der Waals surface area contributed by atoms with Crippen molar-refractivity contribution in [3.05, 3.63) is 70.5 Å². The van der Waals surface area contributed by atoms with Gasteiger partial charge in [-0.3, -0.25) is 9.52 Å². The number of halogens is 2. The third kappa shape index (κ3) is 6.22. The van der Waals surface area contributed by atoms with Crippen molar-refractivity contribution in [1.82, 2.24) is 15.3 Å². The number of hydrogen-bond donors (Lipinski definition) is 3. The first kappa shape index (κ1) is 23.6. The van der Waals surface area contributed by atoms with Gasteiger partial charge in [0.05, 0.1) is 7.11 Å². The molecule has 0 atom stereocenters. The van der Waals surface area contributed by atoms with Crippen LogP contribution in [0.2, 0.25) is 10.2 Å². The number of nitrogens with one attached hydrogen (secondary N) is 3. The molecule has 0 aliphatic carbocycles. The minimum Gasteiger partial charge on any atom is -0.495 e. The molecule has 3 N–H and O–H groups in total. The number of carbonyl (C=O) groups is 1. The molecule has 3 aromatic rings. The maximum atomic E-state index is 12.7. The topological polar surface area (TPSA) is 122 Å². The van der Waals surface area contributed by atoms with Crippen LogP contribution in [0.15, 0.2) is 59.6 Å². The number of anilines is 2. The van der Waals surface area contributed by atoms with Crippen LogP contribution in [0.5, 0.6) is 5.75 Å². The fourth-order valence-electron chi connectivity index (χ4n) is 2.63. The average molecular weight is 496 g/mol. The molecule has 12 heteroatoms. The third-order valence-corrected chi connectivity index (χ3v) is 5.98. The molecule has 2 aromatic carbocycles. The first-order chi connectivity index (χ1) is 15.3. The third-order valence-electron chi connectivity index (χ3n) is 4.13. The Bertz CT molecular complexity index is 1210. The van der Waals surface area contributed by atoms with Crippen LogP contribution in [0.25, 0.3) is 0 Å². The van der Waals surface area contributed by atoms with Gasteiger partial charge < -0.3 is 15.4 Å². The summed E-state index contributed by atoms with van der Waals surface area (Å²) in [6, 6.07) is 11.9. The monoisotopic (exact) mass is 495 g/mol. The van der Waals surface area contributed by atoms with Crippen LogP contribution in [0.3, 0.4) is 0 Å². The van der Waals surface area contributed by atoms with Crippen molar-refractivity contribution in [1.29, 1.82) is 0 Å². The maximum Gasteiger partial charge on any atom is 0.265 e. The fourth-order valence-corrected chi connectivity index (χ4v) is 4.26. The van der Waals surface area contributed by atoms with E-state index in [1.807, 2.05) is 0 Å². The van der Waals surface area contributed by atoms with Crippen LogP contribution in [0.4, 0.5) is 11.6 Å². The lowest BCUT2D eigenvalue weighted by molar-refractivity contribution is 0.0955. The van der Waals surface area contributed by atoms with E-state index in [1.165, 1.54) is 55.8 Å². The molecule has 3 rings (SSSR count). The van der Waals surface area contributed by atoms with E-state index in [-0.39, 0.29) is 27.3 Å². The molecule has 0 unspecified atom stereocenters. The van der Waals surface area contributed by atoms with Gasteiger partial charge in [-0.25, -0.2) is 18.4 Å². The largest absolute Gasteiger partial charge is 0.495 e. The van der Waals surface area contributed by atoms with E-state index in [0.29, 0.717) is 29.8 Å². The number of benzene rings is 2. The van der Waals surface area contributed by atoms with E-state index >= 15 is 0 Å². The van der Waals surface area contributed by atoms with E-state index in [9.17, 15) is 13.2 Å². The lowest BCUT2D eigenvalue weighted by atomic mass is 10.2. The van der Waals surface area contributed by atoms with E-state index in [0.717, 1.165) is 0 Å². The number of amides is 1. The number of sulfonamides is 1. The summed E-state index contributed by atoms with van der Waals surface area (Å²) in [7, 11) is -2.58. The smallest absolute Gasteiger partial charge is 0.265 e. The Hall–Kier alpha value is -3.08. The van der Waals surface area contributed by atoms with E-state index in [4.69, 9.17) is 27.9 Å². The Morgan fingerprint density at radius 2 is 1.81 bits per heavy atom. The summed E-state index contributed by atoms with van der Waals surface area (Å²) in [4.78, 5) is 20.2. The number of carbonyl (C=O) groups excluding carboxylic acids is 1. The number of methoxy groups -OCH3 is 1. The van der Waals surface area contributed by atoms with Crippen LogP contribution in [0, 0.1) is 0 Å². The summed E-state index contributed by atoms with van der Waals surface area (Å²) in [6.07, 6.45) is 1.52. The lowest BCUT2D eigenvalue weighted by Gasteiger charge is -2.12. The minimum absolute atomic E-state index is 0.0921. The van der Waals surface area contributed by atoms with Gasteiger partial charge in [0.25, 0.3) is 15.9 Å². The standard InChI is InChI=1S/C20H19Cl2N5O4S/c1-31-16-7-4-14(21)12-17(16)32(29,30)27-15-5-2-13(3-6-15)19(28)23-10-11-25-20-24-9-8-18(22)26-20/h2-9,12,27H,10-11H2,1H3,(H,23,28)(H,24,25,26). The Morgan fingerprint density at radius 1 is 1.06 bits per heavy atom. The molecule has 9 nitrogen and oxygen atoms in total. The molecule has 0 radical (unpaired) electrons. The molecule has 0 aliphatic heterocycles. The van der Waals surface area contributed by atoms with Crippen molar-refractivity contribution in [3.8, 4) is 5.75 Å². The van der Waals surface area contributed by atoms with Gasteiger partial charge in [-0.05, 0) is 48.5 Å². The van der Waals surface area contributed by atoms with Crippen LogP contribution in [-0.2, 0) is 10.0 Å². The molecule has 32 heavy (non-hydrogen) atoms. The van der Waals surface area contributed by atoms with Gasteiger partial charge in [-0.1, -0.05) is 23.2 Å². The minimum atomic E-state index is -3.95. The number of nitrogens with zero attached hydrogens (tertiary/aromatic N) is 2. The summed E-state index contributed by atoms with van der Waals surface area (Å²) in [5.41, 5.74) is 0.649. The van der Waals surface area contributed by atoms with Crippen LogP contribution in [0.1, 0.15) is 10.4 Å². The van der Waals surface area contributed by atoms with Crippen molar-refractivity contribution < 1.29 is 17.9 Å². The Labute approximate surface area is 195 Å². The van der Waals surface area contributed by atoms with Crippen molar-refractivity contribution in [2.24, 2.45) is 0 Å². The Morgan fingerprint density at radius 3 is 2.50 bits per heavy atom. The summed E-state index contributed by atoms with van der Waals surface area (Å²) in [5, 5.41) is 6.25. The van der Waals surface area contributed by atoms with Gasteiger partial charge in [0.2, 0.25) is 5.95 Å². The molecule has 168 valence electrons. The first-order valence-electron chi connectivity index (χ1n) is 9.25. The fraction of sp³-hybridized carbons (Fsp3) is 0.150. The van der Waals surface area contributed by atoms with Crippen molar-refractivity contribution in [2.45, 2.75) is 4.90 Å². The van der Waals surface area contributed by atoms with E-state index < -0.39 is 10.0 Å². The summed E-state index contributed by atoms with van der Waals surface area (Å²) in [6.45, 7) is 0.711. The Balaban J connectivity index is 1.57. The van der Waals surface area contributed by atoms with Gasteiger partial charge in [0.1, 0.15) is 15.8 Å². The number of hydrogen-bond acceptors (Lipinski definition) is 7. The van der Waals surface area contributed by atoms with Crippen LogP contribution < -0.4 is 20.1 Å². The summed E-state index contributed by atoms with van der Waals surface area (Å²) >= 11 is 11.7. The molecule has 1 amide bonds. The SMILES string of the molecule is COc1ccc(Cl)cc1S(=O)(=O)Nc1ccc(C(=O)NCCNc2nccc(Cl)n2)cc1. The first-order valence-corrected chi connectivity index (χ1v) is 11.5. The van der Waals surface area contributed by atoms with Crippen LogP contribution in [-0.4, -0.2) is 44.5 Å². The molecule has 0 aliphatic rings. The molecular weight excluding hydrogens is 477 g/mol. The molecule has 0 spiro atoms. The lowest BCUT2D eigenvalue weighted by Crippen LogP contribution is -2.29. The molecular formula is C20H19Cl2N5O4S. The second kappa shape index (κ2) is 10.5. The maximum absolute atomic E-state index is 12.7. The van der Waals surface area contributed by atoms with Crippen molar-refractivity contribution in [3.63, 3.8) is 0 Å². The normalized spacial score (nSPS) is 11.0. The summed E-state index contributed by atoms with van der Waals surface area (Å²) in [5.74, 6) is 0.208. The molecule has 0 bridgehead atoms. The van der Waals surface area contributed by atoms with Gasteiger partial charge in [0.15, 0.2) is 0 Å². The van der Waals surface area contributed by atoms with Gasteiger partial charge in [-0.15, -0.1) is 0 Å². The second-order valence-corrected chi connectivity index (χ2v) is 8.84. The number of ether oxygens (including phenoxy) is 1. The quantitative estimate of drug-likeness (QED) is 0.307. The Kier molecular flexibility index (Phi) is 7.73. The highest BCUT2D eigenvalue weighted by Gasteiger charge is 2.20. The van der Waals surface area contributed by atoms with Crippen LogP contribution >= 0.6 is 23.2 Å².